The molecule has 28 heavy (non-hydrogen) atoms. The van der Waals surface area contributed by atoms with E-state index in [1.165, 1.54) is 16.8 Å². The van der Waals surface area contributed by atoms with E-state index < -0.39 is 0 Å². The van der Waals surface area contributed by atoms with Gasteiger partial charge in [0.25, 0.3) is 5.91 Å². The summed E-state index contributed by atoms with van der Waals surface area (Å²) in [6.07, 6.45) is 1.70. The van der Waals surface area contributed by atoms with Gasteiger partial charge in [0, 0.05) is 38.1 Å². The molecule has 0 unspecified atom stereocenters. The van der Waals surface area contributed by atoms with Crippen LogP contribution >= 0.6 is 11.5 Å². The van der Waals surface area contributed by atoms with E-state index in [9.17, 15) is 4.79 Å². The minimum Gasteiger partial charge on any atom is -0.396 e. The fourth-order valence-electron chi connectivity index (χ4n) is 3.59. The molecule has 2 N–H and O–H groups in total. The van der Waals surface area contributed by atoms with Crippen molar-refractivity contribution in [2.24, 2.45) is 0 Å². The van der Waals surface area contributed by atoms with E-state index >= 15 is 0 Å². The van der Waals surface area contributed by atoms with Gasteiger partial charge in [-0.15, -0.1) is 0 Å². The van der Waals surface area contributed by atoms with Crippen molar-refractivity contribution >= 4 is 28.8 Å². The molecule has 0 aliphatic carbocycles. The number of nitrogens with two attached hydrogens (primary N) is 1. The minimum absolute atomic E-state index is 0.0440. The van der Waals surface area contributed by atoms with Crippen molar-refractivity contribution in [2.45, 2.75) is 13.8 Å². The van der Waals surface area contributed by atoms with Gasteiger partial charge in [0.05, 0.1) is 11.4 Å². The number of piperazine rings is 1. The van der Waals surface area contributed by atoms with Gasteiger partial charge in [0.2, 0.25) is 0 Å². The van der Waals surface area contributed by atoms with Crippen LogP contribution in [0.2, 0.25) is 0 Å². The van der Waals surface area contributed by atoms with Crippen LogP contribution in [0.15, 0.2) is 42.6 Å². The van der Waals surface area contributed by atoms with Crippen LogP contribution in [-0.4, -0.2) is 46.3 Å². The van der Waals surface area contributed by atoms with Crippen LogP contribution in [-0.2, 0) is 0 Å². The summed E-state index contributed by atoms with van der Waals surface area (Å²) in [6.45, 7) is 7.19. The lowest BCUT2D eigenvalue weighted by atomic mass is 10.1. The molecule has 3 aromatic rings. The molecule has 7 heteroatoms. The van der Waals surface area contributed by atoms with Crippen molar-refractivity contribution in [3.8, 4) is 11.4 Å². The summed E-state index contributed by atoms with van der Waals surface area (Å²) in [4.78, 5) is 22.0. The molecule has 1 aromatic carbocycles. The van der Waals surface area contributed by atoms with Crippen molar-refractivity contribution in [3.63, 3.8) is 0 Å². The summed E-state index contributed by atoms with van der Waals surface area (Å²) < 4.78 is 4.38. The molecule has 1 saturated heterocycles. The molecule has 2 aromatic heterocycles. The summed E-state index contributed by atoms with van der Waals surface area (Å²) in [5, 5.41) is 0. The van der Waals surface area contributed by atoms with Gasteiger partial charge >= 0.3 is 0 Å². The smallest absolute Gasteiger partial charge is 0.267 e. The highest BCUT2D eigenvalue weighted by molar-refractivity contribution is 7.09. The second-order valence-electron chi connectivity index (χ2n) is 7.06. The molecular weight excluding hydrogens is 370 g/mol. The zero-order valence-corrected chi connectivity index (χ0v) is 16.9. The summed E-state index contributed by atoms with van der Waals surface area (Å²) in [5.74, 6) is -0.0440. The molecular formula is C21H23N5OS. The Kier molecular flexibility index (Phi) is 5.00. The molecule has 3 heterocycles. The van der Waals surface area contributed by atoms with Gasteiger partial charge in [-0.1, -0.05) is 23.8 Å². The first-order chi connectivity index (χ1) is 13.5. The molecule has 1 amide bonds. The quantitative estimate of drug-likeness (QED) is 0.738. The van der Waals surface area contributed by atoms with E-state index in [-0.39, 0.29) is 5.91 Å². The predicted octanol–water partition coefficient (Wildman–Crippen LogP) is 3.37. The highest BCUT2D eigenvalue weighted by Gasteiger charge is 2.27. The zero-order valence-electron chi connectivity index (χ0n) is 16.1. The number of pyridine rings is 1. The fourth-order valence-corrected chi connectivity index (χ4v) is 4.37. The summed E-state index contributed by atoms with van der Waals surface area (Å²) in [7, 11) is 0. The number of aryl methyl sites for hydroxylation is 2. The number of aromatic nitrogens is 2. The van der Waals surface area contributed by atoms with Crippen LogP contribution in [0.5, 0.6) is 0 Å². The van der Waals surface area contributed by atoms with E-state index in [1.807, 2.05) is 23.1 Å². The number of hydrogen-bond acceptors (Lipinski definition) is 6. The monoisotopic (exact) mass is 393 g/mol. The molecule has 0 bridgehead atoms. The van der Waals surface area contributed by atoms with Crippen molar-refractivity contribution in [3.05, 3.63) is 58.6 Å². The van der Waals surface area contributed by atoms with Crippen LogP contribution in [0, 0.1) is 13.8 Å². The normalized spacial score (nSPS) is 14.4. The van der Waals surface area contributed by atoms with Gasteiger partial charge in [-0.2, -0.15) is 4.37 Å². The van der Waals surface area contributed by atoms with E-state index in [0.29, 0.717) is 35.0 Å². The third kappa shape index (κ3) is 3.45. The number of nitrogen functional groups attached to an aromatic ring is 1. The Bertz CT molecular complexity index is 993. The molecule has 1 aliphatic heterocycles. The standard InChI is InChI=1S/C21H23N5OS/c1-14-6-7-17(15(2)13-14)25-9-11-26(12-10-25)21(27)20-18(22)19(24-28-20)16-5-3-4-8-23-16/h3-8,13H,9-12,22H2,1-2H3. The van der Waals surface area contributed by atoms with Crippen LogP contribution in [0.25, 0.3) is 11.4 Å². The van der Waals surface area contributed by atoms with Crippen molar-refractivity contribution in [1.82, 2.24) is 14.3 Å². The Morgan fingerprint density at radius 2 is 1.89 bits per heavy atom. The predicted molar refractivity (Wildman–Crippen MR) is 114 cm³/mol. The lowest BCUT2D eigenvalue weighted by Crippen LogP contribution is -2.49. The Morgan fingerprint density at radius 3 is 2.57 bits per heavy atom. The van der Waals surface area contributed by atoms with Crippen molar-refractivity contribution in [2.75, 3.05) is 36.8 Å². The highest BCUT2D eigenvalue weighted by atomic mass is 32.1. The first-order valence-electron chi connectivity index (χ1n) is 9.32. The molecule has 144 valence electrons. The third-order valence-corrected chi connectivity index (χ3v) is 5.94. The number of benzene rings is 1. The molecule has 4 rings (SSSR count). The third-order valence-electron chi connectivity index (χ3n) is 5.09. The van der Waals surface area contributed by atoms with Crippen molar-refractivity contribution < 1.29 is 4.79 Å². The number of carbonyl (C=O) groups is 1. The molecule has 1 aliphatic rings. The minimum atomic E-state index is -0.0440. The number of anilines is 2. The van der Waals surface area contributed by atoms with Crippen LogP contribution in [0.4, 0.5) is 11.4 Å². The number of rotatable bonds is 3. The lowest BCUT2D eigenvalue weighted by Gasteiger charge is -2.36. The van der Waals surface area contributed by atoms with Crippen LogP contribution in [0.1, 0.15) is 20.8 Å². The second kappa shape index (κ2) is 7.59. The van der Waals surface area contributed by atoms with Gasteiger partial charge in [-0.05, 0) is 49.1 Å². The second-order valence-corrected chi connectivity index (χ2v) is 7.83. The van der Waals surface area contributed by atoms with E-state index in [1.54, 1.807) is 6.20 Å². The van der Waals surface area contributed by atoms with E-state index in [4.69, 9.17) is 5.73 Å². The molecule has 0 atom stereocenters. The number of carbonyl (C=O) groups excluding carboxylic acids is 1. The maximum atomic E-state index is 13.0. The molecule has 6 nitrogen and oxygen atoms in total. The van der Waals surface area contributed by atoms with E-state index in [2.05, 4.69) is 46.3 Å². The fraction of sp³-hybridized carbons (Fsp3) is 0.286. The maximum absolute atomic E-state index is 13.0. The Labute approximate surface area is 168 Å². The SMILES string of the molecule is Cc1ccc(N2CCN(C(=O)c3snc(-c4ccccn4)c3N)CC2)c(C)c1. The van der Waals surface area contributed by atoms with Crippen LogP contribution < -0.4 is 10.6 Å². The number of nitrogens with zero attached hydrogens (tertiary/aromatic N) is 4. The van der Waals surface area contributed by atoms with Gasteiger partial charge < -0.3 is 15.5 Å². The van der Waals surface area contributed by atoms with Crippen LogP contribution in [0.3, 0.4) is 0 Å². The van der Waals surface area contributed by atoms with E-state index in [0.717, 1.165) is 24.6 Å². The van der Waals surface area contributed by atoms with Gasteiger partial charge in [-0.3, -0.25) is 9.78 Å². The molecule has 0 radical (unpaired) electrons. The first-order valence-corrected chi connectivity index (χ1v) is 10.1. The maximum Gasteiger partial charge on any atom is 0.267 e. The Balaban J connectivity index is 1.47. The molecule has 0 spiro atoms. The highest BCUT2D eigenvalue weighted by Crippen LogP contribution is 2.31. The first kappa shape index (κ1) is 18.4. The summed E-state index contributed by atoms with van der Waals surface area (Å²) in [6, 6.07) is 12.1. The number of amides is 1. The van der Waals surface area contributed by atoms with Gasteiger partial charge in [-0.25, -0.2) is 0 Å². The van der Waals surface area contributed by atoms with Gasteiger partial charge in [0.1, 0.15) is 10.6 Å². The number of hydrogen-bond donors (Lipinski definition) is 1. The Morgan fingerprint density at radius 1 is 1.11 bits per heavy atom. The molecule has 0 saturated carbocycles. The summed E-state index contributed by atoms with van der Waals surface area (Å²) >= 11 is 1.15. The average molecular weight is 394 g/mol. The zero-order chi connectivity index (χ0) is 19.7. The van der Waals surface area contributed by atoms with Crippen molar-refractivity contribution in [1.29, 1.82) is 0 Å². The lowest BCUT2D eigenvalue weighted by molar-refractivity contribution is 0.0752. The van der Waals surface area contributed by atoms with Gasteiger partial charge in [0.15, 0.2) is 0 Å². The average Bonchev–Trinajstić information content (AvgIpc) is 3.10. The Hall–Kier alpha value is -2.93. The largest absolute Gasteiger partial charge is 0.396 e. The molecule has 1 fully saturated rings. The topological polar surface area (TPSA) is 75.3 Å². The summed E-state index contributed by atoms with van der Waals surface area (Å²) in [5.41, 5.74) is 11.7.